The average molecular weight is 389 g/mol. The van der Waals surface area contributed by atoms with Gasteiger partial charge in [0.2, 0.25) is 11.8 Å². The lowest BCUT2D eigenvalue weighted by atomic mass is 9.84. The van der Waals surface area contributed by atoms with Crippen LogP contribution in [0.5, 0.6) is 0 Å². The topological polar surface area (TPSA) is 67.7 Å². The minimum absolute atomic E-state index is 0.0374. The molecule has 1 spiro atoms. The molecule has 0 radical (unpaired) electrons. The molecule has 7 heteroatoms. The second-order valence-corrected chi connectivity index (χ2v) is 8.68. The molecule has 0 aromatic carbocycles. The molecule has 3 aliphatic rings. The summed E-state index contributed by atoms with van der Waals surface area (Å²) in [5, 5.41) is 4.19. The number of aromatic nitrogens is 2. The van der Waals surface area contributed by atoms with Crippen LogP contribution in [0.25, 0.3) is 0 Å². The Morgan fingerprint density at radius 1 is 1.11 bits per heavy atom. The number of rotatable bonds is 3. The number of carbonyl (C=O) groups is 2. The molecule has 7 nitrogen and oxygen atoms in total. The van der Waals surface area contributed by atoms with Crippen molar-refractivity contribution in [1.29, 1.82) is 0 Å². The molecule has 1 aromatic rings. The van der Waals surface area contributed by atoms with E-state index in [4.69, 9.17) is 4.74 Å². The first-order chi connectivity index (χ1) is 13.5. The maximum absolute atomic E-state index is 13.0. The highest BCUT2D eigenvalue weighted by Crippen LogP contribution is 2.35. The van der Waals surface area contributed by atoms with Gasteiger partial charge in [-0.1, -0.05) is 0 Å². The van der Waals surface area contributed by atoms with Crippen LogP contribution >= 0.6 is 0 Å². The number of hydrogen-bond acceptors (Lipinski definition) is 4. The van der Waals surface area contributed by atoms with E-state index in [1.165, 1.54) is 12.8 Å². The van der Waals surface area contributed by atoms with E-state index in [0.29, 0.717) is 13.1 Å². The molecule has 154 valence electrons. The molecule has 0 saturated carbocycles. The summed E-state index contributed by atoms with van der Waals surface area (Å²) in [6.07, 6.45) is 10.7. The van der Waals surface area contributed by atoms with Crippen molar-refractivity contribution >= 4 is 11.8 Å². The van der Waals surface area contributed by atoms with Gasteiger partial charge in [-0.3, -0.25) is 14.3 Å². The number of carbonyl (C=O) groups excluding carboxylic acids is 2. The summed E-state index contributed by atoms with van der Waals surface area (Å²) in [6.45, 7) is 6.08. The Labute approximate surface area is 167 Å². The summed E-state index contributed by atoms with van der Waals surface area (Å²) in [6, 6.07) is 0. The molecule has 0 unspecified atom stereocenters. The first-order valence-electron chi connectivity index (χ1n) is 10.7. The van der Waals surface area contributed by atoms with E-state index in [0.717, 1.165) is 57.4 Å². The van der Waals surface area contributed by atoms with Gasteiger partial charge in [0.15, 0.2) is 0 Å². The van der Waals surface area contributed by atoms with Gasteiger partial charge in [-0.05, 0) is 57.4 Å². The van der Waals surface area contributed by atoms with Crippen LogP contribution in [-0.4, -0.2) is 69.8 Å². The Morgan fingerprint density at radius 2 is 1.86 bits per heavy atom. The Kier molecular flexibility index (Phi) is 5.71. The summed E-state index contributed by atoms with van der Waals surface area (Å²) < 4.78 is 7.77. The van der Waals surface area contributed by atoms with E-state index in [2.05, 4.69) is 5.10 Å². The van der Waals surface area contributed by atoms with Crippen LogP contribution in [0.1, 0.15) is 50.5 Å². The molecule has 4 heterocycles. The van der Waals surface area contributed by atoms with Gasteiger partial charge in [-0.25, -0.2) is 0 Å². The fraction of sp³-hybridized carbons (Fsp3) is 0.762. The molecule has 1 aromatic heterocycles. The number of piperidine rings is 2. The van der Waals surface area contributed by atoms with E-state index in [1.807, 2.05) is 22.9 Å². The molecule has 0 atom stereocenters. The first-order valence-corrected chi connectivity index (χ1v) is 10.7. The summed E-state index contributed by atoms with van der Waals surface area (Å²) in [5.74, 6) is 0.418. The highest BCUT2D eigenvalue weighted by Gasteiger charge is 2.39. The number of likely N-dealkylation sites (tertiary alicyclic amines) is 2. The zero-order valence-electron chi connectivity index (χ0n) is 16.9. The number of amides is 2. The van der Waals surface area contributed by atoms with Crippen LogP contribution in [0, 0.1) is 12.8 Å². The third-order valence-corrected chi connectivity index (χ3v) is 6.68. The van der Waals surface area contributed by atoms with Gasteiger partial charge < -0.3 is 14.5 Å². The maximum Gasteiger partial charge on any atom is 0.244 e. The van der Waals surface area contributed by atoms with E-state index in [1.54, 1.807) is 10.9 Å². The van der Waals surface area contributed by atoms with Gasteiger partial charge in [0.05, 0.1) is 11.8 Å². The van der Waals surface area contributed by atoms with Crippen molar-refractivity contribution in [2.45, 2.75) is 64.0 Å². The van der Waals surface area contributed by atoms with Crippen molar-refractivity contribution in [3.05, 3.63) is 18.0 Å². The molecule has 3 fully saturated rings. The highest BCUT2D eigenvalue weighted by molar-refractivity contribution is 5.80. The maximum atomic E-state index is 13.0. The minimum Gasteiger partial charge on any atom is -0.375 e. The van der Waals surface area contributed by atoms with Crippen molar-refractivity contribution in [2.75, 3.05) is 32.8 Å². The molecule has 0 aliphatic carbocycles. The third-order valence-electron chi connectivity index (χ3n) is 6.68. The third kappa shape index (κ3) is 4.24. The van der Waals surface area contributed by atoms with E-state index in [-0.39, 0.29) is 29.9 Å². The molecule has 0 N–H and O–H groups in total. The zero-order chi connectivity index (χ0) is 19.6. The van der Waals surface area contributed by atoms with Crippen LogP contribution in [-0.2, 0) is 20.9 Å². The highest BCUT2D eigenvalue weighted by atomic mass is 16.5. The predicted octanol–water partition coefficient (Wildman–Crippen LogP) is 1.99. The Balaban J connectivity index is 1.23. The van der Waals surface area contributed by atoms with Crippen molar-refractivity contribution in [1.82, 2.24) is 19.6 Å². The fourth-order valence-electron chi connectivity index (χ4n) is 4.87. The second kappa shape index (κ2) is 8.23. The molecule has 4 rings (SSSR count). The Hall–Kier alpha value is -1.89. The van der Waals surface area contributed by atoms with Crippen LogP contribution in [0.3, 0.4) is 0 Å². The lowest BCUT2D eigenvalue weighted by Crippen LogP contribution is -2.52. The van der Waals surface area contributed by atoms with E-state index in [9.17, 15) is 9.59 Å². The molecule has 3 aliphatic heterocycles. The zero-order valence-corrected chi connectivity index (χ0v) is 16.9. The predicted molar refractivity (Wildman–Crippen MR) is 105 cm³/mol. The monoisotopic (exact) mass is 388 g/mol. The van der Waals surface area contributed by atoms with Crippen molar-refractivity contribution in [3.63, 3.8) is 0 Å². The van der Waals surface area contributed by atoms with Gasteiger partial charge in [-0.2, -0.15) is 5.10 Å². The molecular weight excluding hydrogens is 356 g/mol. The van der Waals surface area contributed by atoms with Gasteiger partial charge in [0.25, 0.3) is 0 Å². The van der Waals surface area contributed by atoms with Gasteiger partial charge in [0, 0.05) is 44.9 Å². The lowest BCUT2D eigenvalue weighted by Gasteiger charge is -2.45. The molecule has 2 amide bonds. The molecule has 28 heavy (non-hydrogen) atoms. The average Bonchev–Trinajstić information content (AvgIpc) is 3.13. The molecular formula is C21H32N4O3. The van der Waals surface area contributed by atoms with Crippen molar-refractivity contribution in [2.24, 2.45) is 5.92 Å². The van der Waals surface area contributed by atoms with Gasteiger partial charge in [0.1, 0.15) is 6.54 Å². The SMILES string of the molecule is Cc1cnn(CC(=O)N2CCC(C(=O)N3CCC4(CCCCO4)CC3)CC2)c1. The van der Waals surface area contributed by atoms with Crippen LogP contribution in [0.4, 0.5) is 0 Å². The van der Waals surface area contributed by atoms with E-state index >= 15 is 0 Å². The first kappa shape index (κ1) is 19.4. The fourth-order valence-corrected chi connectivity index (χ4v) is 4.87. The van der Waals surface area contributed by atoms with Crippen LogP contribution in [0.2, 0.25) is 0 Å². The normalized spacial score (nSPS) is 23.2. The van der Waals surface area contributed by atoms with Crippen LogP contribution < -0.4 is 0 Å². The summed E-state index contributed by atoms with van der Waals surface area (Å²) in [4.78, 5) is 29.4. The number of aryl methyl sites for hydroxylation is 1. The summed E-state index contributed by atoms with van der Waals surface area (Å²) >= 11 is 0. The number of ether oxygens (including phenoxy) is 1. The summed E-state index contributed by atoms with van der Waals surface area (Å²) in [7, 11) is 0. The minimum atomic E-state index is 0.0374. The van der Waals surface area contributed by atoms with E-state index < -0.39 is 0 Å². The van der Waals surface area contributed by atoms with Gasteiger partial charge in [-0.15, -0.1) is 0 Å². The number of nitrogens with zero attached hydrogens (tertiary/aromatic N) is 4. The Bertz CT molecular complexity index is 692. The molecule has 0 bridgehead atoms. The summed E-state index contributed by atoms with van der Waals surface area (Å²) in [5.41, 5.74) is 1.09. The van der Waals surface area contributed by atoms with Crippen molar-refractivity contribution in [3.8, 4) is 0 Å². The lowest BCUT2D eigenvalue weighted by molar-refractivity contribution is -0.149. The second-order valence-electron chi connectivity index (χ2n) is 8.68. The standard InChI is InChI=1S/C21H32N4O3/c1-17-14-22-25(15-17)16-19(26)23-9-4-18(5-10-23)20(27)24-11-7-21(8-12-24)6-2-3-13-28-21/h14-15,18H,2-13,16H2,1H3. The smallest absolute Gasteiger partial charge is 0.244 e. The Morgan fingerprint density at radius 3 is 2.46 bits per heavy atom. The quantitative estimate of drug-likeness (QED) is 0.794. The van der Waals surface area contributed by atoms with Crippen LogP contribution in [0.15, 0.2) is 12.4 Å². The number of hydrogen-bond donors (Lipinski definition) is 0. The van der Waals surface area contributed by atoms with Gasteiger partial charge >= 0.3 is 0 Å². The largest absolute Gasteiger partial charge is 0.375 e. The van der Waals surface area contributed by atoms with Crippen molar-refractivity contribution < 1.29 is 14.3 Å². The molecule has 3 saturated heterocycles.